The summed E-state index contributed by atoms with van der Waals surface area (Å²) >= 11 is 0. The van der Waals surface area contributed by atoms with Gasteiger partial charge in [0, 0.05) is 18.3 Å². The van der Waals surface area contributed by atoms with Crippen LogP contribution in [-0.4, -0.2) is 29.2 Å². The van der Waals surface area contributed by atoms with Crippen LogP contribution >= 0.6 is 0 Å². The number of carbonyl (C=O) groups is 1. The van der Waals surface area contributed by atoms with Gasteiger partial charge in [-0.1, -0.05) is 13.0 Å². The summed E-state index contributed by atoms with van der Waals surface area (Å²) < 4.78 is 5.07. The number of ether oxygens (including phenoxy) is 1. The lowest BCUT2D eigenvalue weighted by Crippen LogP contribution is -2.35. The van der Waals surface area contributed by atoms with Crippen LogP contribution in [0, 0.1) is 0 Å². The first-order chi connectivity index (χ1) is 7.69. The van der Waals surface area contributed by atoms with Crippen LogP contribution in [0.25, 0.3) is 0 Å². The van der Waals surface area contributed by atoms with E-state index in [2.05, 4.69) is 10.3 Å². The van der Waals surface area contributed by atoms with Crippen molar-refractivity contribution in [2.24, 2.45) is 0 Å². The molecule has 2 N–H and O–H groups in total. The molecule has 1 rings (SSSR count). The van der Waals surface area contributed by atoms with E-state index in [1.165, 1.54) is 0 Å². The number of carboxylic acid groups (broad SMARTS) is 1. The molecule has 5 heteroatoms. The van der Waals surface area contributed by atoms with Crippen LogP contribution in [0.5, 0.6) is 5.88 Å². The Morgan fingerprint density at radius 1 is 1.69 bits per heavy atom. The minimum atomic E-state index is -0.842. The second kappa shape index (κ2) is 6.07. The molecule has 0 aliphatic heterocycles. The molecule has 0 aliphatic carbocycles. The van der Waals surface area contributed by atoms with E-state index in [4.69, 9.17) is 9.84 Å². The largest absolute Gasteiger partial charge is 0.481 e. The molecule has 1 heterocycles. The van der Waals surface area contributed by atoms with Gasteiger partial charge >= 0.3 is 5.97 Å². The Morgan fingerprint density at radius 3 is 3.00 bits per heavy atom. The average Bonchev–Trinajstić information content (AvgIpc) is 2.30. The van der Waals surface area contributed by atoms with E-state index in [1.54, 1.807) is 19.4 Å². The molecule has 1 atom stereocenters. The van der Waals surface area contributed by atoms with E-state index >= 15 is 0 Å². The third-order valence-electron chi connectivity index (χ3n) is 2.29. The molecule has 0 aliphatic rings. The number of carboxylic acids is 1. The minimum Gasteiger partial charge on any atom is -0.481 e. The van der Waals surface area contributed by atoms with E-state index in [0.717, 1.165) is 5.56 Å². The molecule has 0 fully saturated rings. The molecule has 5 nitrogen and oxygen atoms in total. The fourth-order valence-electron chi connectivity index (χ4n) is 1.38. The number of aliphatic carboxylic acids is 1. The molecule has 88 valence electrons. The monoisotopic (exact) mass is 224 g/mol. The number of methoxy groups -OCH3 is 1. The van der Waals surface area contributed by atoms with Gasteiger partial charge in [-0.05, 0) is 12.5 Å². The van der Waals surface area contributed by atoms with Crippen LogP contribution in [0.2, 0.25) is 0 Å². The Bertz CT molecular complexity index is 355. The fraction of sp³-hybridized carbons (Fsp3) is 0.455. The van der Waals surface area contributed by atoms with Crippen molar-refractivity contribution in [2.45, 2.75) is 25.9 Å². The standard InChI is InChI=1S/C11H16N2O3/c1-3-9(11(14)15)13-7-8-5-4-6-12-10(8)16-2/h4-6,9,13H,3,7H2,1-2H3,(H,14,15). The van der Waals surface area contributed by atoms with Crippen molar-refractivity contribution in [3.05, 3.63) is 23.9 Å². The normalized spacial score (nSPS) is 12.1. The number of pyridine rings is 1. The molecule has 1 unspecified atom stereocenters. The average molecular weight is 224 g/mol. The molecule has 0 saturated heterocycles. The molecule has 0 saturated carbocycles. The third kappa shape index (κ3) is 3.20. The Morgan fingerprint density at radius 2 is 2.44 bits per heavy atom. The lowest BCUT2D eigenvalue weighted by atomic mass is 10.2. The highest BCUT2D eigenvalue weighted by atomic mass is 16.5. The number of hydrogen-bond acceptors (Lipinski definition) is 4. The van der Waals surface area contributed by atoms with Crippen molar-refractivity contribution < 1.29 is 14.6 Å². The number of nitrogens with zero attached hydrogens (tertiary/aromatic N) is 1. The van der Waals surface area contributed by atoms with E-state index in [9.17, 15) is 4.79 Å². The summed E-state index contributed by atoms with van der Waals surface area (Å²) in [4.78, 5) is 14.8. The van der Waals surface area contributed by atoms with Crippen molar-refractivity contribution in [2.75, 3.05) is 7.11 Å². The van der Waals surface area contributed by atoms with Gasteiger partial charge in [0.2, 0.25) is 5.88 Å². The first kappa shape index (κ1) is 12.4. The molecule has 0 aromatic carbocycles. The van der Waals surface area contributed by atoms with Gasteiger partial charge in [0.05, 0.1) is 7.11 Å². The lowest BCUT2D eigenvalue weighted by molar-refractivity contribution is -0.139. The van der Waals surface area contributed by atoms with Gasteiger partial charge in [-0.3, -0.25) is 4.79 Å². The highest BCUT2D eigenvalue weighted by Crippen LogP contribution is 2.13. The first-order valence-electron chi connectivity index (χ1n) is 5.13. The molecule has 16 heavy (non-hydrogen) atoms. The number of aromatic nitrogens is 1. The summed E-state index contributed by atoms with van der Waals surface area (Å²) in [5, 5.41) is 11.8. The second-order valence-electron chi connectivity index (χ2n) is 3.35. The zero-order valence-corrected chi connectivity index (χ0v) is 9.43. The third-order valence-corrected chi connectivity index (χ3v) is 2.29. The van der Waals surface area contributed by atoms with Crippen LogP contribution < -0.4 is 10.1 Å². The van der Waals surface area contributed by atoms with E-state index in [-0.39, 0.29) is 0 Å². The molecule has 0 spiro atoms. The quantitative estimate of drug-likeness (QED) is 0.755. The van der Waals surface area contributed by atoms with E-state index in [0.29, 0.717) is 18.8 Å². The topological polar surface area (TPSA) is 71.5 Å². The highest BCUT2D eigenvalue weighted by molar-refractivity contribution is 5.73. The van der Waals surface area contributed by atoms with Gasteiger partial charge in [0.15, 0.2) is 0 Å². The van der Waals surface area contributed by atoms with Crippen LogP contribution in [0.15, 0.2) is 18.3 Å². The predicted molar refractivity (Wildman–Crippen MR) is 59.3 cm³/mol. The summed E-state index contributed by atoms with van der Waals surface area (Å²) in [6.07, 6.45) is 2.18. The van der Waals surface area contributed by atoms with Crippen molar-refractivity contribution in [3.63, 3.8) is 0 Å². The van der Waals surface area contributed by atoms with Gasteiger partial charge in [0.25, 0.3) is 0 Å². The number of nitrogens with one attached hydrogen (secondary N) is 1. The number of rotatable bonds is 6. The van der Waals surface area contributed by atoms with Gasteiger partial charge in [-0.2, -0.15) is 0 Å². The van der Waals surface area contributed by atoms with Crippen molar-refractivity contribution >= 4 is 5.97 Å². The first-order valence-corrected chi connectivity index (χ1v) is 5.13. The maximum absolute atomic E-state index is 10.8. The molecule has 1 aromatic rings. The molecule has 0 radical (unpaired) electrons. The number of hydrogen-bond donors (Lipinski definition) is 2. The SMILES string of the molecule is CCC(NCc1cccnc1OC)C(=O)O. The van der Waals surface area contributed by atoms with E-state index < -0.39 is 12.0 Å². The lowest BCUT2D eigenvalue weighted by Gasteiger charge is -2.13. The van der Waals surface area contributed by atoms with Crippen LogP contribution in [0.1, 0.15) is 18.9 Å². The molecule has 0 bridgehead atoms. The van der Waals surface area contributed by atoms with Crippen molar-refractivity contribution in [1.29, 1.82) is 0 Å². The van der Waals surface area contributed by atoms with E-state index in [1.807, 2.05) is 13.0 Å². The molecule has 0 amide bonds. The zero-order chi connectivity index (χ0) is 12.0. The Kier molecular flexibility index (Phi) is 4.72. The van der Waals surface area contributed by atoms with Crippen LogP contribution in [-0.2, 0) is 11.3 Å². The second-order valence-corrected chi connectivity index (χ2v) is 3.35. The highest BCUT2D eigenvalue weighted by Gasteiger charge is 2.14. The molecular formula is C11H16N2O3. The zero-order valence-electron chi connectivity index (χ0n) is 9.43. The van der Waals surface area contributed by atoms with Crippen LogP contribution in [0.3, 0.4) is 0 Å². The predicted octanol–water partition coefficient (Wildman–Crippen LogP) is 1.04. The van der Waals surface area contributed by atoms with Crippen molar-refractivity contribution in [3.8, 4) is 5.88 Å². The Balaban J connectivity index is 2.63. The Labute approximate surface area is 94.5 Å². The summed E-state index contributed by atoms with van der Waals surface area (Å²) in [6, 6.07) is 3.11. The van der Waals surface area contributed by atoms with Gasteiger partial charge in [-0.15, -0.1) is 0 Å². The summed E-state index contributed by atoms with van der Waals surface area (Å²) in [6.45, 7) is 2.26. The van der Waals surface area contributed by atoms with Gasteiger partial charge < -0.3 is 15.2 Å². The summed E-state index contributed by atoms with van der Waals surface area (Å²) in [7, 11) is 1.54. The Hall–Kier alpha value is -1.62. The fourth-order valence-corrected chi connectivity index (χ4v) is 1.38. The summed E-state index contributed by atoms with van der Waals surface area (Å²) in [5.41, 5.74) is 0.852. The smallest absolute Gasteiger partial charge is 0.320 e. The molecular weight excluding hydrogens is 208 g/mol. The maximum Gasteiger partial charge on any atom is 0.320 e. The van der Waals surface area contributed by atoms with Gasteiger partial charge in [-0.25, -0.2) is 4.98 Å². The van der Waals surface area contributed by atoms with Crippen LogP contribution in [0.4, 0.5) is 0 Å². The molecule has 1 aromatic heterocycles. The maximum atomic E-state index is 10.8. The van der Waals surface area contributed by atoms with Gasteiger partial charge in [0.1, 0.15) is 6.04 Å². The van der Waals surface area contributed by atoms with Crippen molar-refractivity contribution in [1.82, 2.24) is 10.3 Å². The minimum absolute atomic E-state index is 0.432. The summed E-state index contributed by atoms with van der Waals surface area (Å²) in [5.74, 6) is -0.319.